The normalized spacial score (nSPS) is 15.2. The highest BCUT2D eigenvalue weighted by Crippen LogP contribution is 2.45. The largest absolute Gasteiger partial charge is 0.534 e. The number of hydrogen-bond donors (Lipinski definition) is 0. The number of aromatic nitrogens is 1. The van der Waals surface area contributed by atoms with Crippen molar-refractivity contribution in [3.05, 3.63) is 65.0 Å². The fourth-order valence-corrected chi connectivity index (χ4v) is 4.84. The molecule has 12 heteroatoms. The second-order valence-corrected chi connectivity index (χ2v) is 10.2. The third kappa shape index (κ3) is 6.12. The van der Waals surface area contributed by atoms with Crippen molar-refractivity contribution in [3.8, 4) is 23.0 Å². The average Bonchev–Trinajstić information content (AvgIpc) is 3.42. The lowest BCUT2D eigenvalue weighted by atomic mass is 9.97. The van der Waals surface area contributed by atoms with Crippen LogP contribution in [0.1, 0.15) is 48.3 Å². The topological polar surface area (TPSA) is 105 Å². The van der Waals surface area contributed by atoms with Crippen LogP contribution in [-0.2, 0) is 32.5 Å². The van der Waals surface area contributed by atoms with Crippen molar-refractivity contribution in [1.29, 1.82) is 0 Å². The molecule has 1 aromatic heterocycles. The predicted molar refractivity (Wildman–Crippen MR) is 130 cm³/mol. The third-order valence-corrected chi connectivity index (χ3v) is 7.06. The molecule has 0 spiro atoms. The molecule has 0 saturated heterocycles. The van der Waals surface area contributed by atoms with Crippen LogP contribution in [0.3, 0.4) is 0 Å². The summed E-state index contributed by atoms with van der Waals surface area (Å²) >= 11 is 0. The second-order valence-electron chi connectivity index (χ2n) is 8.71. The quantitative estimate of drug-likeness (QED) is 0.185. The number of carbonyl (C=O) groups excluding carboxylic acids is 1. The molecule has 1 heterocycles. The highest BCUT2D eigenvalue weighted by Gasteiger charge is 2.49. The van der Waals surface area contributed by atoms with Gasteiger partial charge in [0.25, 0.3) is 0 Å². The minimum Gasteiger partial charge on any atom is -0.493 e. The van der Waals surface area contributed by atoms with E-state index in [1.165, 1.54) is 0 Å². The van der Waals surface area contributed by atoms with Gasteiger partial charge < -0.3 is 18.1 Å². The SMILES string of the molecule is CCOC(=O)CC1CCc2cc(OCCc3nc(-c4ccccc4)oc3C)cc(OS(=O)(=O)C(F)(F)F)c21. The fraction of sp³-hybridized carbons (Fsp3) is 0.385. The van der Waals surface area contributed by atoms with Gasteiger partial charge in [-0.15, -0.1) is 0 Å². The number of carbonyl (C=O) groups is 1. The van der Waals surface area contributed by atoms with Gasteiger partial charge in [0.1, 0.15) is 17.3 Å². The molecule has 204 valence electrons. The maximum absolute atomic E-state index is 13.1. The predicted octanol–water partition coefficient (Wildman–Crippen LogP) is 5.48. The Morgan fingerprint density at radius 3 is 2.61 bits per heavy atom. The molecule has 0 fully saturated rings. The molecule has 1 aliphatic carbocycles. The molecular formula is C26H26F3NO7S. The van der Waals surface area contributed by atoms with Gasteiger partial charge in [0, 0.05) is 23.6 Å². The number of halogens is 3. The Labute approximate surface area is 217 Å². The summed E-state index contributed by atoms with van der Waals surface area (Å²) in [5, 5.41) is 0. The van der Waals surface area contributed by atoms with E-state index in [1.807, 2.05) is 30.3 Å². The molecule has 38 heavy (non-hydrogen) atoms. The minimum absolute atomic E-state index is 0.0953. The summed E-state index contributed by atoms with van der Waals surface area (Å²) in [5.74, 6) is -0.401. The third-order valence-electron chi connectivity index (χ3n) is 6.09. The van der Waals surface area contributed by atoms with Crippen molar-refractivity contribution >= 4 is 16.1 Å². The van der Waals surface area contributed by atoms with Crippen molar-refractivity contribution in [1.82, 2.24) is 4.98 Å². The highest BCUT2D eigenvalue weighted by molar-refractivity contribution is 7.88. The van der Waals surface area contributed by atoms with E-state index in [4.69, 9.17) is 13.9 Å². The van der Waals surface area contributed by atoms with Crippen molar-refractivity contribution < 1.29 is 44.5 Å². The van der Waals surface area contributed by atoms with Gasteiger partial charge >= 0.3 is 21.6 Å². The molecule has 1 atom stereocenters. The molecule has 0 saturated carbocycles. The molecule has 0 radical (unpaired) electrons. The van der Waals surface area contributed by atoms with Crippen LogP contribution in [0.15, 0.2) is 46.9 Å². The molecule has 2 aromatic carbocycles. The van der Waals surface area contributed by atoms with Gasteiger partial charge in [-0.1, -0.05) is 18.2 Å². The Morgan fingerprint density at radius 2 is 1.92 bits per heavy atom. The van der Waals surface area contributed by atoms with Crippen LogP contribution in [0.2, 0.25) is 0 Å². The van der Waals surface area contributed by atoms with Gasteiger partial charge in [-0.3, -0.25) is 4.79 Å². The van der Waals surface area contributed by atoms with Crippen molar-refractivity contribution in [2.24, 2.45) is 0 Å². The molecule has 1 unspecified atom stereocenters. The van der Waals surface area contributed by atoms with Crippen LogP contribution in [0.4, 0.5) is 13.2 Å². The summed E-state index contributed by atoms with van der Waals surface area (Å²) in [6, 6.07) is 12.1. The van der Waals surface area contributed by atoms with Crippen molar-refractivity contribution in [2.75, 3.05) is 13.2 Å². The number of alkyl halides is 3. The summed E-state index contributed by atoms with van der Waals surface area (Å²) in [6.45, 7) is 3.65. The first-order valence-electron chi connectivity index (χ1n) is 12.0. The summed E-state index contributed by atoms with van der Waals surface area (Å²) < 4.78 is 83.9. The van der Waals surface area contributed by atoms with Crippen LogP contribution in [0.25, 0.3) is 11.5 Å². The van der Waals surface area contributed by atoms with Gasteiger partial charge in [-0.2, -0.15) is 21.6 Å². The summed E-state index contributed by atoms with van der Waals surface area (Å²) in [5.41, 5.74) is -3.37. The Morgan fingerprint density at radius 1 is 1.18 bits per heavy atom. The number of fused-ring (bicyclic) bond motifs is 1. The lowest BCUT2D eigenvalue weighted by Crippen LogP contribution is -2.28. The number of benzene rings is 2. The molecule has 0 amide bonds. The summed E-state index contributed by atoms with van der Waals surface area (Å²) in [4.78, 5) is 16.5. The maximum atomic E-state index is 13.1. The molecule has 0 N–H and O–H groups in total. The van der Waals surface area contributed by atoms with Gasteiger partial charge in [-0.25, -0.2) is 4.98 Å². The van der Waals surface area contributed by atoms with E-state index in [-0.39, 0.29) is 30.9 Å². The van der Waals surface area contributed by atoms with E-state index in [0.29, 0.717) is 42.2 Å². The van der Waals surface area contributed by atoms with Gasteiger partial charge in [0.15, 0.2) is 0 Å². The van der Waals surface area contributed by atoms with E-state index >= 15 is 0 Å². The van der Waals surface area contributed by atoms with Crippen LogP contribution in [-0.4, -0.2) is 38.1 Å². The first kappa shape index (κ1) is 27.5. The van der Waals surface area contributed by atoms with Crippen molar-refractivity contribution in [3.63, 3.8) is 0 Å². The number of rotatable bonds is 10. The number of aryl methyl sites for hydroxylation is 2. The van der Waals surface area contributed by atoms with Crippen LogP contribution >= 0.6 is 0 Å². The Bertz CT molecular complexity index is 1400. The van der Waals surface area contributed by atoms with Gasteiger partial charge in [0.2, 0.25) is 5.89 Å². The van der Waals surface area contributed by atoms with E-state index in [1.54, 1.807) is 19.9 Å². The monoisotopic (exact) mass is 553 g/mol. The fourth-order valence-electron chi connectivity index (χ4n) is 4.37. The molecular weight excluding hydrogens is 527 g/mol. The van der Waals surface area contributed by atoms with Crippen LogP contribution in [0, 0.1) is 6.92 Å². The zero-order valence-corrected chi connectivity index (χ0v) is 21.5. The summed E-state index contributed by atoms with van der Waals surface area (Å²) in [6.07, 6.45) is 1.04. The van der Waals surface area contributed by atoms with E-state index in [9.17, 15) is 26.4 Å². The highest BCUT2D eigenvalue weighted by atomic mass is 32.2. The zero-order valence-electron chi connectivity index (χ0n) is 20.7. The number of oxazole rings is 1. The average molecular weight is 554 g/mol. The van der Waals surface area contributed by atoms with E-state index in [2.05, 4.69) is 9.17 Å². The van der Waals surface area contributed by atoms with Crippen LogP contribution in [0.5, 0.6) is 11.5 Å². The minimum atomic E-state index is -5.94. The molecule has 8 nitrogen and oxygen atoms in total. The molecule has 3 aromatic rings. The molecule has 1 aliphatic rings. The lowest BCUT2D eigenvalue weighted by Gasteiger charge is -2.18. The molecule has 0 aliphatic heterocycles. The first-order chi connectivity index (χ1) is 18.0. The standard InChI is InChI=1S/C26H26F3NO7S/c1-3-34-23(31)14-19-10-9-18-13-20(15-22(24(18)19)37-38(32,33)26(27,28)29)35-12-11-21-16(2)36-25(30-21)17-7-5-4-6-8-17/h4-8,13,15,19H,3,9-12,14H2,1-2H3. The Hall–Kier alpha value is -3.54. The number of esters is 1. The summed E-state index contributed by atoms with van der Waals surface area (Å²) in [7, 11) is -5.94. The Kier molecular flexibility index (Phi) is 8.00. The maximum Gasteiger partial charge on any atom is 0.534 e. The Balaban J connectivity index is 1.55. The number of hydrogen-bond acceptors (Lipinski definition) is 8. The second kappa shape index (κ2) is 11.1. The molecule has 4 rings (SSSR count). The van der Waals surface area contributed by atoms with Gasteiger partial charge in [-0.05, 0) is 56.4 Å². The smallest absolute Gasteiger partial charge is 0.493 e. The van der Waals surface area contributed by atoms with Crippen LogP contribution < -0.4 is 8.92 Å². The van der Waals surface area contributed by atoms with Gasteiger partial charge in [0.05, 0.1) is 25.3 Å². The zero-order chi connectivity index (χ0) is 27.5. The van der Waals surface area contributed by atoms with Crippen molar-refractivity contribution in [2.45, 2.75) is 51.0 Å². The lowest BCUT2D eigenvalue weighted by molar-refractivity contribution is -0.143. The molecule has 0 bridgehead atoms. The number of ether oxygens (including phenoxy) is 2. The van der Waals surface area contributed by atoms with E-state index < -0.39 is 33.3 Å². The first-order valence-corrected chi connectivity index (χ1v) is 13.4. The van der Waals surface area contributed by atoms with E-state index in [0.717, 1.165) is 11.6 Å². The number of nitrogens with zero attached hydrogens (tertiary/aromatic N) is 1.